The summed E-state index contributed by atoms with van der Waals surface area (Å²) in [6.07, 6.45) is 4.93. The second-order valence-electron chi connectivity index (χ2n) is 5.79. The Hall–Kier alpha value is -1.82. The fraction of sp³-hybridized carbons (Fsp3) is 0.625. The van der Waals surface area contributed by atoms with E-state index in [-0.39, 0.29) is 11.8 Å². The van der Waals surface area contributed by atoms with Gasteiger partial charge in [-0.25, -0.2) is 0 Å². The van der Waals surface area contributed by atoms with E-state index in [9.17, 15) is 9.59 Å². The summed E-state index contributed by atoms with van der Waals surface area (Å²) in [5.74, 6) is 0.887. The summed E-state index contributed by atoms with van der Waals surface area (Å²) in [6, 6.07) is 1.76. The standard InChI is InChI=1S/C16H25N3O3/c1-12-6-10-22-15(12)16(21)19-8-2-7-18-14(20)4-3-13-5-9-17-11-13/h6,10,13,17H,2-5,7-9,11H2,1H3,(H,18,20)(H,19,21). The van der Waals surface area contributed by atoms with Gasteiger partial charge >= 0.3 is 0 Å². The largest absolute Gasteiger partial charge is 0.459 e. The second-order valence-corrected chi connectivity index (χ2v) is 5.79. The topological polar surface area (TPSA) is 83.4 Å². The Labute approximate surface area is 131 Å². The zero-order valence-corrected chi connectivity index (χ0v) is 13.1. The number of carbonyl (C=O) groups is 2. The van der Waals surface area contributed by atoms with Crippen molar-refractivity contribution in [1.82, 2.24) is 16.0 Å². The number of hydrogen-bond acceptors (Lipinski definition) is 4. The van der Waals surface area contributed by atoms with Crippen LogP contribution in [0.1, 0.15) is 41.8 Å². The maximum absolute atomic E-state index is 11.8. The van der Waals surface area contributed by atoms with Gasteiger partial charge in [0, 0.05) is 25.1 Å². The van der Waals surface area contributed by atoms with Crippen molar-refractivity contribution in [3.8, 4) is 0 Å². The van der Waals surface area contributed by atoms with E-state index in [0.29, 0.717) is 37.6 Å². The van der Waals surface area contributed by atoms with Gasteiger partial charge in [0.05, 0.1) is 6.26 Å². The van der Waals surface area contributed by atoms with Gasteiger partial charge in [0.25, 0.3) is 5.91 Å². The van der Waals surface area contributed by atoms with Crippen LogP contribution < -0.4 is 16.0 Å². The molecule has 1 saturated heterocycles. The number of amides is 2. The van der Waals surface area contributed by atoms with Gasteiger partial charge in [0.1, 0.15) is 0 Å². The lowest BCUT2D eigenvalue weighted by Crippen LogP contribution is -2.30. The van der Waals surface area contributed by atoms with E-state index in [4.69, 9.17) is 4.42 Å². The Morgan fingerprint density at radius 3 is 2.86 bits per heavy atom. The molecule has 1 aromatic heterocycles. The minimum Gasteiger partial charge on any atom is -0.459 e. The first-order valence-electron chi connectivity index (χ1n) is 7.96. The lowest BCUT2D eigenvalue weighted by molar-refractivity contribution is -0.121. The molecule has 0 saturated carbocycles. The number of rotatable bonds is 8. The van der Waals surface area contributed by atoms with E-state index in [0.717, 1.165) is 25.1 Å². The van der Waals surface area contributed by atoms with E-state index in [1.807, 2.05) is 6.92 Å². The minimum atomic E-state index is -0.206. The van der Waals surface area contributed by atoms with Gasteiger partial charge in [-0.2, -0.15) is 0 Å². The fourth-order valence-electron chi connectivity index (χ4n) is 2.59. The summed E-state index contributed by atoms with van der Waals surface area (Å²) in [5.41, 5.74) is 0.826. The molecule has 0 radical (unpaired) electrons. The van der Waals surface area contributed by atoms with Gasteiger partial charge in [-0.3, -0.25) is 9.59 Å². The molecule has 1 unspecified atom stereocenters. The highest BCUT2D eigenvalue weighted by Gasteiger charge is 2.15. The number of hydrogen-bond donors (Lipinski definition) is 3. The highest BCUT2D eigenvalue weighted by molar-refractivity contribution is 5.92. The lowest BCUT2D eigenvalue weighted by atomic mass is 10.0. The molecule has 2 rings (SSSR count). The Bertz CT molecular complexity index is 493. The molecular formula is C16H25N3O3. The maximum Gasteiger partial charge on any atom is 0.287 e. The smallest absolute Gasteiger partial charge is 0.287 e. The number of nitrogens with one attached hydrogen (secondary N) is 3. The van der Waals surface area contributed by atoms with Crippen LogP contribution in [0.4, 0.5) is 0 Å². The molecule has 2 amide bonds. The maximum atomic E-state index is 11.8. The molecule has 0 aromatic carbocycles. The van der Waals surface area contributed by atoms with Gasteiger partial charge in [-0.1, -0.05) is 0 Å². The van der Waals surface area contributed by atoms with Crippen molar-refractivity contribution in [3.05, 3.63) is 23.7 Å². The van der Waals surface area contributed by atoms with Crippen molar-refractivity contribution < 1.29 is 14.0 Å². The fourth-order valence-corrected chi connectivity index (χ4v) is 2.59. The minimum absolute atomic E-state index is 0.0973. The van der Waals surface area contributed by atoms with Gasteiger partial charge < -0.3 is 20.4 Å². The van der Waals surface area contributed by atoms with Gasteiger partial charge in [-0.05, 0) is 51.3 Å². The van der Waals surface area contributed by atoms with Crippen LogP contribution in [0, 0.1) is 12.8 Å². The Morgan fingerprint density at radius 1 is 1.36 bits per heavy atom. The summed E-state index contributed by atoms with van der Waals surface area (Å²) in [6.45, 7) is 5.04. The van der Waals surface area contributed by atoms with E-state index in [1.54, 1.807) is 6.07 Å². The van der Waals surface area contributed by atoms with Crippen LogP contribution >= 0.6 is 0 Å². The van der Waals surface area contributed by atoms with E-state index >= 15 is 0 Å². The third-order valence-corrected chi connectivity index (χ3v) is 3.97. The normalized spacial score (nSPS) is 17.4. The number of carbonyl (C=O) groups excluding carboxylic acids is 2. The van der Waals surface area contributed by atoms with Crippen molar-refractivity contribution in [2.24, 2.45) is 5.92 Å². The lowest BCUT2D eigenvalue weighted by Gasteiger charge is -2.09. The van der Waals surface area contributed by atoms with E-state index < -0.39 is 0 Å². The van der Waals surface area contributed by atoms with Crippen molar-refractivity contribution in [3.63, 3.8) is 0 Å². The monoisotopic (exact) mass is 307 g/mol. The summed E-state index contributed by atoms with van der Waals surface area (Å²) >= 11 is 0. The van der Waals surface area contributed by atoms with E-state index in [1.165, 1.54) is 12.7 Å². The van der Waals surface area contributed by atoms with E-state index in [2.05, 4.69) is 16.0 Å². The third kappa shape index (κ3) is 5.18. The molecule has 1 aliphatic rings. The molecule has 1 fully saturated rings. The van der Waals surface area contributed by atoms with Crippen molar-refractivity contribution in [1.29, 1.82) is 0 Å². The quantitative estimate of drug-likeness (QED) is 0.631. The number of furan rings is 1. The number of aryl methyl sites for hydroxylation is 1. The molecule has 0 spiro atoms. The predicted octanol–water partition coefficient (Wildman–Crippen LogP) is 1.21. The average molecular weight is 307 g/mol. The van der Waals surface area contributed by atoms with Crippen LogP contribution in [0.5, 0.6) is 0 Å². The van der Waals surface area contributed by atoms with Crippen LogP contribution in [0.3, 0.4) is 0 Å². The van der Waals surface area contributed by atoms with Crippen LogP contribution in [-0.2, 0) is 4.79 Å². The molecule has 6 heteroatoms. The zero-order chi connectivity index (χ0) is 15.8. The molecular weight excluding hydrogens is 282 g/mol. The first-order chi connectivity index (χ1) is 10.7. The van der Waals surface area contributed by atoms with Gasteiger partial charge in [0.15, 0.2) is 5.76 Å². The Balaban J connectivity index is 1.50. The van der Waals surface area contributed by atoms with Gasteiger partial charge in [0.2, 0.25) is 5.91 Å². The van der Waals surface area contributed by atoms with Crippen molar-refractivity contribution >= 4 is 11.8 Å². The van der Waals surface area contributed by atoms with Crippen LogP contribution in [0.15, 0.2) is 16.7 Å². The summed E-state index contributed by atoms with van der Waals surface area (Å²) in [7, 11) is 0. The predicted molar refractivity (Wildman–Crippen MR) is 83.6 cm³/mol. The molecule has 1 aliphatic heterocycles. The first kappa shape index (κ1) is 16.5. The summed E-state index contributed by atoms with van der Waals surface area (Å²) < 4.78 is 5.12. The molecule has 2 heterocycles. The van der Waals surface area contributed by atoms with Crippen LogP contribution in [-0.4, -0.2) is 38.0 Å². The molecule has 1 aromatic rings. The van der Waals surface area contributed by atoms with Crippen LogP contribution in [0.25, 0.3) is 0 Å². The third-order valence-electron chi connectivity index (χ3n) is 3.97. The molecule has 3 N–H and O–H groups in total. The summed E-state index contributed by atoms with van der Waals surface area (Å²) in [4.78, 5) is 23.5. The average Bonchev–Trinajstić information content (AvgIpc) is 3.15. The Kier molecular flexibility index (Phi) is 6.45. The highest BCUT2D eigenvalue weighted by atomic mass is 16.3. The molecule has 1 atom stereocenters. The first-order valence-corrected chi connectivity index (χ1v) is 7.96. The molecule has 0 aliphatic carbocycles. The Morgan fingerprint density at radius 2 is 2.18 bits per heavy atom. The second kappa shape index (κ2) is 8.58. The van der Waals surface area contributed by atoms with Gasteiger partial charge in [-0.15, -0.1) is 0 Å². The molecule has 6 nitrogen and oxygen atoms in total. The highest BCUT2D eigenvalue weighted by Crippen LogP contribution is 2.13. The molecule has 0 bridgehead atoms. The van der Waals surface area contributed by atoms with Crippen molar-refractivity contribution in [2.45, 2.75) is 32.6 Å². The van der Waals surface area contributed by atoms with Crippen molar-refractivity contribution in [2.75, 3.05) is 26.2 Å². The SMILES string of the molecule is Cc1ccoc1C(=O)NCCCNC(=O)CCC1CCNC1. The molecule has 22 heavy (non-hydrogen) atoms. The zero-order valence-electron chi connectivity index (χ0n) is 13.1. The molecule has 122 valence electrons. The summed E-state index contributed by atoms with van der Waals surface area (Å²) in [5, 5.41) is 8.98. The van der Waals surface area contributed by atoms with Crippen LogP contribution in [0.2, 0.25) is 0 Å².